The van der Waals surface area contributed by atoms with Crippen molar-refractivity contribution in [3.05, 3.63) is 34.9 Å². The molecule has 19 heavy (non-hydrogen) atoms. The Kier molecular flexibility index (Phi) is 6.30. The lowest BCUT2D eigenvalue weighted by atomic mass is 10.0. The second-order valence-corrected chi connectivity index (χ2v) is 4.53. The van der Waals surface area contributed by atoms with Crippen molar-refractivity contribution in [2.24, 2.45) is 0 Å². The van der Waals surface area contributed by atoms with Gasteiger partial charge in [0.05, 0.1) is 52.9 Å². The van der Waals surface area contributed by atoms with E-state index in [0.717, 1.165) is 0 Å². The highest BCUT2D eigenvalue weighted by molar-refractivity contribution is 5.33. The smallest absolute Gasteiger partial charge is 0.0720 e. The van der Waals surface area contributed by atoms with Gasteiger partial charge in [-0.3, -0.25) is 0 Å². The molecule has 2 bridgehead atoms. The normalized spacial score (nSPS) is 19.4. The second-order valence-electron chi connectivity index (χ2n) is 4.53. The first kappa shape index (κ1) is 14.5. The van der Waals surface area contributed by atoms with E-state index in [9.17, 15) is 0 Å². The lowest BCUT2D eigenvalue weighted by molar-refractivity contribution is -0.00523. The van der Waals surface area contributed by atoms with E-state index in [2.05, 4.69) is 25.1 Å². The highest BCUT2D eigenvalue weighted by Gasteiger charge is 2.05. The number of rotatable bonds is 0. The molecule has 106 valence electrons. The average Bonchev–Trinajstić information content (AvgIpc) is 2.42. The summed E-state index contributed by atoms with van der Waals surface area (Å²) in [6.45, 7) is 7.02. The Morgan fingerprint density at radius 3 is 1.58 bits per heavy atom. The summed E-state index contributed by atoms with van der Waals surface area (Å²) in [4.78, 5) is 0. The molecule has 1 aromatic carbocycles. The molecule has 0 saturated carbocycles. The highest BCUT2D eigenvalue weighted by atomic mass is 16.6. The summed E-state index contributed by atoms with van der Waals surface area (Å²) in [5, 5.41) is 0. The fourth-order valence-corrected chi connectivity index (χ4v) is 1.97. The molecule has 0 amide bonds. The molecule has 1 aliphatic heterocycles. The maximum Gasteiger partial charge on any atom is 0.0720 e. The summed E-state index contributed by atoms with van der Waals surface area (Å²) in [6.07, 6.45) is 0. The van der Waals surface area contributed by atoms with Gasteiger partial charge in [0.15, 0.2) is 0 Å². The van der Waals surface area contributed by atoms with Gasteiger partial charge in [-0.25, -0.2) is 0 Å². The van der Waals surface area contributed by atoms with Gasteiger partial charge >= 0.3 is 0 Å². The number of fused-ring (bicyclic) bond motifs is 2. The molecule has 4 heteroatoms. The molecule has 0 aromatic heterocycles. The number of benzene rings is 1. The van der Waals surface area contributed by atoms with Crippen LogP contribution < -0.4 is 0 Å². The molecule has 0 unspecified atom stereocenters. The van der Waals surface area contributed by atoms with E-state index in [1.165, 1.54) is 16.7 Å². The van der Waals surface area contributed by atoms with Gasteiger partial charge in [0, 0.05) is 0 Å². The fourth-order valence-electron chi connectivity index (χ4n) is 1.97. The van der Waals surface area contributed by atoms with E-state index in [1.54, 1.807) is 0 Å². The SMILES string of the molecule is Cc1c2cccc1COCCOCCOCCOC2. The fraction of sp³-hybridized carbons (Fsp3) is 0.600. The van der Waals surface area contributed by atoms with Gasteiger partial charge in [0.2, 0.25) is 0 Å². The van der Waals surface area contributed by atoms with Crippen LogP contribution >= 0.6 is 0 Å². The number of ether oxygens (including phenoxy) is 4. The van der Waals surface area contributed by atoms with Crippen molar-refractivity contribution >= 4 is 0 Å². The van der Waals surface area contributed by atoms with Gasteiger partial charge in [0.25, 0.3) is 0 Å². The van der Waals surface area contributed by atoms with Gasteiger partial charge in [-0.2, -0.15) is 0 Å². The molecular weight excluding hydrogens is 244 g/mol. The van der Waals surface area contributed by atoms with E-state index in [0.29, 0.717) is 52.9 Å². The van der Waals surface area contributed by atoms with Crippen LogP contribution in [0.2, 0.25) is 0 Å². The van der Waals surface area contributed by atoms with E-state index in [-0.39, 0.29) is 0 Å². The van der Waals surface area contributed by atoms with Crippen LogP contribution in [0, 0.1) is 6.92 Å². The third kappa shape index (κ3) is 4.91. The van der Waals surface area contributed by atoms with Crippen LogP contribution in [0.5, 0.6) is 0 Å². The standard InChI is InChI=1S/C15H22O4/c1-13-14-3-2-4-15(13)12-19-10-8-17-6-5-16-7-9-18-11-14/h2-4H,5-12H2,1H3. The molecule has 1 heterocycles. The van der Waals surface area contributed by atoms with Crippen LogP contribution in [0.15, 0.2) is 18.2 Å². The molecule has 0 atom stereocenters. The largest absolute Gasteiger partial charge is 0.377 e. The Morgan fingerprint density at radius 1 is 0.684 bits per heavy atom. The molecular formula is C15H22O4. The lowest BCUT2D eigenvalue weighted by Gasteiger charge is -2.12. The lowest BCUT2D eigenvalue weighted by Crippen LogP contribution is -2.11. The van der Waals surface area contributed by atoms with Crippen molar-refractivity contribution in [3.8, 4) is 0 Å². The molecule has 0 fully saturated rings. The average molecular weight is 266 g/mol. The predicted octanol–water partition coefficient (Wildman–Crippen LogP) is 2.08. The van der Waals surface area contributed by atoms with Gasteiger partial charge in [-0.1, -0.05) is 18.2 Å². The zero-order valence-corrected chi connectivity index (χ0v) is 11.5. The Hall–Kier alpha value is -0.940. The summed E-state index contributed by atoms with van der Waals surface area (Å²) in [6, 6.07) is 6.25. The third-order valence-electron chi connectivity index (χ3n) is 3.19. The zero-order chi connectivity index (χ0) is 13.3. The molecule has 1 aromatic rings. The Bertz CT molecular complexity index is 346. The summed E-state index contributed by atoms with van der Waals surface area (Å²) in [5.74, 6) is 0. The summed E-state index contributed by atoms with van der Waals surface area (Å²) >= 11 is 0. The molecule has 0 radical (unpaired) electrons. The molecule has 4 nitrogen and oxygen atoms in total. The summed E-state index contributed by atoms with van der Waals surface area (Å²) in [7, 11) is 0. The first-order valence-electron chi connectivity index (χ1n) is 6.76. The maximum atomic E-state index is 5.62. The van der Waals surface area contributed by atoms with Crippen molar-refractivity contribution in [2.75, 3.05) is 39.6 Å². The molecule has 0 N–H and O–H groups in total. The van der Waals surface area contributed by atoms with Crippen LogP contribution in [0.3, 0.4) is 0 Å². The van der Waals surface area contributed by atoms with Gasteiger partial charge < -0.3 is 18.9 Å². The van der Waals surface area contributed by atoms with E-state index >= 15 is 0 Å². The van der Waals surface area contributed by atoms with Crippen LogP contribution in [-0.2, 0) is 32.2 Å². The molecule has 0 spiro atoms. The summed E-state index contributed by atoms with van der Waals surface area (Å²) in [5.41, 5.74) is 3.68. The van der Waals surface area contributed by atoms with Crippen molar-refractivity contribution in [1.29, 1.82) is 0 Å². The van der Waals surface area contributed by atoms with Crippen LogP contribution in [0.1, 0.15) is 16.7 Å². The minimum atomic E-state index is 0.607. The van der Waals surface area contributed by atoms with E-state index in [4.69, 9.17) is 18.9 Å². The topological polar surface area (TPSA) is 36.9 Å². The van der Waals surface area contributed by atoms with Crippen LogP contribution in [0.25, 0.3) is 0 Å². The zero-order valence-electron chi connectivity index (χ0n) is 11.5. The van der Waals surface area contributed by atoms with Crippen LogP contribution in [0.4, 0.5) is 0 Å². The molecule has 0 saturated heterocycles. The monoisotopic (exact) mass is 266 g/mol. The summed E-state index contributed by atoms with van der Waals surface area (Å²) < 4.78 is 22.1. The quantitative estimate of drug-likeness (QED) is 0.720. The molecule has 2 rings (SSSR count). The van der Waals surface area contributed by atoms with E-state index < -0.39 is 0 Å². The predicted molar refractivity (Wildman–Crippen MR) is 72.1 cm³/mol. The first-order valence-corrected chi connectivity index (χ1v) is 6.76. The maximum absolute atomic E-state index is 5.62. The first-order chi connectivity index (χ1) is 9.38. The second kappa shape index (κ2) is 8.27. The molecule has 0 aliphatic carbocycles. The third-order valence-corrected chi connectivity index (χ3v) is 3.19. The van der Waals surface area contributed by atoms with Crippen molar-refractivity contribution in [3.63, 3.8) is 0 Å². The number of hydrogen-bond acceptors (Lipinski definition) is 4. The Labute approximate surface area is 114 Å². The van der Waals surface area contributed by atoms with Gasteiger partial charge in [-0.05, 0) is 23.6 Å². The Morgan fingerprint density at radius 2 is 1.11 bits per heavy atom. The van der Waals surface area contributed by atoms with Gasteiger partial charge in [-0.15, -0.1) is 0 Å². The van der Waals surface area contributed by atoms with Crippen molar-refractivity contribution in [1.82, 2.24) is 0 Å². The van der Waals surface area contributed by atoms with Crippen LogP contribution in [-0.4, -0.2) is 39.6 Å². The van der Waals surface area contributed by atoms with Gasteiger partial charge in [0.1, 0.15) is 0 Å². The minimum absolute atomic E-state index is 0.607. The van der Waals surface area contributed by atoms with Crippen molar-refractivity contribution in [2.45, 2.75) is 20.1 Å². The highest BCUT2D eigenvalue weighted by Crippen LogP contribution is 2.16. The van der Waals surface area contributed by atoms with E-state index in [1.807, 2.05) is 0 Å². The minimum Gasteiger partial charge on any atom is -0.377 e. The Balaban J connectivity index is 1.97. The molecule has 1 aliphatic rings. The number of hydrogen-bond donors (Lipinski definition) is 0. The van der Waals surface area contributed by atoms with Crippen molar-refractivity contribution < 1.29 is 18.9 Å².